The van der Waals surface area contributed by atoms with E-state index >= 15 is 0 Å². The van der Waals surface area contributed by atoms with Crippen LogP contribution in [0.5, 0.6) is 0 Å². The van der Waals surface area contributed by atoms with E-state index in [1.54, 1.807) is 0 Å². The van der Waals surface area contributed by atoms with Crippen molar-refractivity contribution in [2.75, 3.05) is 11.9 Å². The van der Waals surface area contributed by atoms with E-state index in [9.17, 15) is 0 Å². The SMILES string of the molecule is Cc1cc(Br)ccc1NCC(C)(C)C#N. The van der Waals surface area contributed by atoms with Gasteiger partial charge in [-0.05, 0) is 44.5 Å². The summed E-state index contributed by atoms with van der Waals surface area (Å²) < 4.78 is 1.07. The van der Waals surface area contributed by atoms with Gasteiger partial charge in [-0.1, -0.05) is 15.9 Å². The van der Waals surface area contributed by atoms with Gasteiger partial charge in [-0.25, -0.2) is 0 Å². The molecule has 0 saturated carbocycles. The molecule has 2 nitrogen and oxygen atoms in total. The molecule has 0 fully saturated rings. The largest absolute Gasteiger partial charge is 0.383 e. The first-order chi connectivity index (χ1) is 6.94. The maximum Gasteiger partial charge on any atom is 0.0702 e. The molecule has 80 valence electrons. The summed E-state index contributed by atoms with van der Waals surface area (Å²) >= 11 is 3.42. The number of halogens is 1. The summed E-state index contributed by atoms with van der Waals surface area (Å²) in [7, 11) is 0. The Kier molecular flexibility index (Phi) is 3.76. The van der Waals surface area contributed by atoms with Gasteiger partial charge in [-0.3, -0.25) is 0 Å². The van der Waals surface area contributed by atoms with Gasteiger partial charge >= 0.3 is 0 Å². The standard InChI is InChI=1S/C12H15BrN2/c1-9-6-10(13)4-5-11(9)15-8-12(2,3)7-14/h4-6,15H,8H2,1-3H3. The number of anilines is 1. The Balaban J connectivity index is 2.71. The number of nitrogens with one attached hydrogen (secondary N) is 1. The van der Waals surface area contributed by atoms with Crippen molar-refractivity contribution in [3.8, 4) is 6.07 Å². The predicted molar refractivity (Wildman–Crippen MR) is 66.8 cm³/mol. The lowest BCUT2D eigenvalue weighted by atomic mass is 9.96. The zero-order chi connectivity index (χ0) is 11.5. The second-order valence-electron chi connectivity index (χ2n) is 4.31. The van der Waals surface area contributed by atoms with Gasteiger partial charge in [0, 0.05) is 16.7 Å². The quantitative estimate of drug-likeness (QED) is 0.905. The molecule has 1 rings (SSSR count). The van der Waals surface area contributed by atoms with Crippen molar-refractivity contribution in [3.05, 3.63) is 28.2 Å². The molecular formula is C12H15BrN2. The molecule has 0 unspecified atom stereocenters. The van der Waals surface area contributed by atoms with Gasteiger partial charge in [0.25, 0.3) is 0 Å². The summed E-state index contributed by atoms with van der Waals surface area (Å²) in [6.45, 7) is 6.56. The van der Waals surface area contributed by atoms with Crippen molar-refractivity contribution < 1.29 is 0 Å². The smallest absolute Gasteiger partial charge is 0.0702 e. The van der Waals surface area contributed by atoms with Crippen LogP contribution in [0.15, 0.2) is 22.7 Å². The second-order valence-corrected chi connectivity index (χ2v) is 5.22. The number of hydrogen-bond acceptors (Lipinski definition) is 2. The topological polar surface area (TPSA) is 35.8 Å². The molecule has 0 amide bonds. The van der Waals surface area contributed by atoms with Crippen molar-refractivity contribution in [1.29, 1.82) is 5.26 Å². The minimum Gasteiger partial charge on any atom is -0.383 e. The van der Waals surface area contributed by atoms with Crippen molar-refractivity contribution in [1.82, 2.24) is 0 Å². The molecule has 15 heavy (non-hydrogen) atoms. The first-order valence-corrected chi connectivity index (χ1v) is 5.65. The van der Waals surface area contributed by atoms with Gasteiger partial charge < -0.3 is 5.32 Å². The maximum atomic E-state index is 8.89. The molecule has 0 aromatic heterocycles. The highest BCUT2D eigenvalue weighted by Crippen LogP contribution is 2.22. The number of rotatable bonds is 3. The van der Waals surface area contributed by atoms with E-state index in [1.165, 1.54) is 5.56 Å². The van der Waals surface area contributed by atoms with Crippen LogP contribution in [0.1, 0.15) is 19.4 Å². The molecule has 0 aliphatic heterocycles. The summed E-state index contributed by atoms with van der Waals surface area (Å²) in [6.07, 6.45) is 0. The van der Waals surface area contributed by atoms with Crippen molar-refractivity contribution in [3.63, 3.8) is 0 Å². The predicted octanol–water partition coefficient (Wildman–Crippen LogP) is 3.72. The van der Waals surface area contributed by atoms with E-state index < -0.39 is 0 Å². The summed E-state index contributed by atoms with van der Waals surface area (Å²) in [5.74, 6) is 0. The van der Waals surface area contributed by atoms with Crippen molar-refractivity contribution in [2.45, 2.75) is 20.8 Å². The van der Waals surface area contributed by atoms with Crippen LogP contribution in [0, 0.1) is 23.7 Å². The van der Waals surface area contributed by atoms with Crippen LogP contribution in [0.25, 0.3) is 0 Å². The third kappa shape index (κ3) is 3.56. The molecule has 0 atom stereocenters. The minimum absolute atomic E-state index is 0.334. The van der Waals surface area contributed by atoms with E-state index in [-0.39, 0.29) is 5.41 Å². The molecule has 1 aromatic carbocycles. The van der Waals surface area contributed by atoms with Crippen LogP contribution in [0.4, 0.5) is 5.69 Å². The van der Waals surface area contributed by atoms with Crippen LogP contribution in [0.2, 0.25) is 0 Å². The third-order valence-electron chi connectivity index (χ3n) is 2.21. The highest BCUT2D eigenvalue weighted by atomic mass is 79.9. The molecule has 0 bridgehead atoms. The van der Waals surface area contributed by atoms with E-state index in [0.29, 0.717) is 6.54 Å². The normalized spacial score (nSPS) is 10.9. The third-order valence-corrected chi connectivity index (χ3v) is 2.71. The molecular weight excluding hydrogens is 252 g/mol. The highest BCUT2D eigenvalue weighted by Gasteiger charge is 2.16. The van der Waals surface area contributed by atoms with Gasteiger partial charge in [-0.15, -0.1) is 0 Å². The lowest BCUT2D eigenvalue weighted by Gasteiger charge is -2.18. The van der Waals surface area contributed by atoms with Gasteiger partial charge in [-0.2, -0.15) is 5.26 Å². The van der Waals surface area contributed by atoms with E-state index in [4.69, 9.17) is 5.26 Å². The average Bonchev–Trinajstić information content (AvgIpc) is 2.16. The minimum atomic E-state index is -0.334. The van der Waals surface area contributed by atoms with Gasteiger partial charge in [0.2, 0.25) is 0 Å². The average molecular weight is 267 g/mol. The van der Waals surface area contributed by atoms with Gasteiger partial charge in [0.1, 0.15) is 0 Å². The fourth-order valence-corrected chi connectivity index (χ4v) is 1.66. The Morgan fingerprint density at radius 2 is 2.13 bits per heavy atom. The summed E-state index contributed by atoms with van der Waals surface area (Å²) in [5.41, 5.74) is 1.93. The van der Waals surface area contributed by atoms with Crippen LogP contribution < -0.4 is 5.32 Å². The Labute approximate surface area is 99.4 Å². The molecule has 0 spiro atoms. The first kappa shape index (κ1) is 12.1. The Morgan fingerprint density at radius 3 is 2.67 bits per heavy atom. The second kappa shape index (κ2) is 4.67. The number of aryl methyl sites for hydroxylation is 1. The van der Waals surface area contributed by atoms with E-state index in [2.05, 4.69) is 33.4 Å². The summed E-state index contributed by atoms with van der Waals surface area (Å²) in [6, 6.07) is 8.34. The Morgan fingerprint density at radius 1 is 1.47 bits per heavy atom. The van der Waals surface area contributed by atoms with Crippen LogP contribution in [-0.2, 0) is 0 Å². The number of nitrogens with zero attached hydrogens (tertiary/aromatic N) is 1. The lowest BCUT2D eigenvalue weighted by molar-refractivity contribution is 0.529. The van der Waals surface area contributed by atoms with E-state index in [1.807, 2.05) is 32.9 Å². The van der Waals surface area contributed by atoms with Gasteiger partial charge in [0.15, 0.2) is 0 Å². The molecule has 0 radical (unpaired) electrons. The molecule has 1 aromatic rings. The first-order valence-electron chi connectivity index (χ1n) is 4.86. The fourth-order valence-electron chi connectivity index (χ4n) is 1.18. The maximum absolute atomic E-state index is 8.89. The molecule has 3 heteroatoms. The summed E-state index contributed by atoms with van der Waals surface area (Å²) in [4.78, 5) is 0. The zero-order valence-corrected chi connectivity index (χ0v) is 10.9. The number of benzene rings is 1. The fraction of sp³-hybridized carbons (Fsp3) is 0.417. The van der Waals surface area contributed by atoms with Crippen molar-refractivity contribution in [2.24, 2.45) is 5.41 Å². The molecule has 0 heterocycles. The molecule has 0 saturated heterocycles. The van der Waals surface area contributed by atoms with Gasteiger partial charge in [0.05, 0.1) is 11.5 Å². The van der Waals surface area contributed by atoms with Crippen LogP contribution in [-0.4, -0.2) is 6.54 Å². The van der Waals surface area contributed by atoms with Crippen LogP contribution >= 0.6 is 15.9 Å². The van der Waals surface area contributed by atoms with Crippen LogP contribution in [0.3, 0.4) is 0 Å². The molecule has 0 aliphatic carbocycles. The molecule has 0 aliphatic rings. The highest BCUT2D eigenvalue weighted by molar-refractivity contribution is 9.10. The Bertz CT molecular complexity index is 391. The Hall–Kier alpha value is -1.01. The lowest BCUT2D eigenvalue weighted by Crippen LogP contribution is -2.21. The zero-order valence-electron chi connectivity index (χ0n) is 9.26. The van der Waals surface area contributed by atoms with Crippen molar-refractivity contribution >= 4 is 21.6 Å². The molecule has 1 N–H and O–H groups in total. The number of hydrogen-bond donors (Lipinski definition) is 1. The number of nitriles is 1. The monoisotopic (exact) mass is 266 g/mol. The van der Waals surface area contributed by atoms with E-state index in [0.717, 1.165) is 10.2 Å². The summed E-state index contributed by atoms with van der Waals surface area (Å²) in [5, 5.41) is 12.2.